The van der Waals surface area contributed by atoms with Crippen molar-refractivity contribution < 1.29 is 18.3 Å². The van der Waals surface area contributed by atoms with Gasteiger partial charge in [0.15, 0.2) is 0 Å². The van der Waals surface area contributed by atoms with Crippen molar-refractivity contribution in [2.24, 2.45) is 5.41 Å². The average Bonchev–Trinajstić information content (AvgIpc) is 1.78. The van der Waals surface area contributed by atoms with E-state index in [0.29, 0.717) is 6.54 Å². The van der Waals surface area contributed by atoms with E-state index in [9.17, 15) is 13.2 Å². The van der Waals surface area contributed by atoms with Crippen molar-refractivity contribution in [3.63, 3.8) is 0 Å². The Labute approximate surface area is 74.1 Å². The van der Waals surface area contributed by atoms with Gasteiger partial charge in [-0.15, -0.1) is 0 Å². The first-order chi connectivity index (χ1) is 5.93. The maximum absolute atomic E-state index is 12.3. The van der Waals surface area contributed by atoms with Crippen molar-refractivity contribution in [3.05, 3.63) is 0 Å². The molecule has 3 aliphatic carbocycles. The quantitative estimate of drug-likeness (QED) is 0.705. The van der Waals surface area contributed by atoms with E-state index < -0.39 is 11.6 Å². The highest BCUT2D eigenvalue weighted by molar-refractivity contribution is 5.25. The molecule has 2 N–H and O–H groups in total. The van der Waals surface area contributed by atoms with Gasteiger partial charge in [-0.2, -0.15) is 13.2 Å². The highest BCUT2D eigenvalue weighted by atomic mass is 19.4. The first-order valence-electron chi connectivity index (χ1n) is 4.36. The van der Waals surface area contributed by atoms with Gasteiger partial charge in [-0.1, -0.05) is 0 Å². The lowest BCUT2D eigenvalue weighted by atomic mass is 9.39. The second-order valence-electron chi connectivity index (χ2n) is 4.24. The molecular formula is C8H12F3NO. The van der Waals surface area contributed by atoms with Crippen LogP contribution in [-0.2, 0) is 0 Å². The molecule has 2 bridgehead atoms. The van der Waals surface area contributed by atoms with Gasteiger partial charge in [0.05, 0.1) is 12.0 Å². The number of alkyl halides is 3. The number of halogens is 3. The summed E-state index contributed by atoms with van der Waals surface area (Å²) in [5.41, 5.74) is -1.67. The lowest BCUT2D eigenvalue weighted by Crippen LogP contribution is -2.78. The molecule has 0 saturated heterocycles. The minimum Gasteiger partial charge on any atom is -0.395 e. The van der Waals surface area contributed by atoms with E-state index in [2.05, 4.69) is 5.32 Å². The van der Waals surface area contributed by atoms with Crippen LogP contribution in [0.1, 0.15) is 19.3 Å². The Bertz CT molecular complexity index is 206. The Morgan fingerprint density at radius 3 is 2.15 bits per heavy atom. The number of aliphatic hydroxyl groups is 1. The van der Waals surface area contributed by atoms with Gasteiger partial charge in [0.25, 0.3) is 0 Å². The molecule has 76 valence electrons. The Morgan fingerprint density at radius 1 is 1.23 bits per heavy atom. The van der Waals surface area contributed by atoms with Crippen LogP contribution in [0.4, 0.5) is 13.2 Å². The van der Waals surface area contributed by atoms with Gasteiger partial charge in [0, 0.05) is 12.1 Å². The van der Waals surface area contributed by atoms with Crippen LogP contribution in [0.5, 0.6) is 0 Å². The minimum absolute atomic E-state index is 0.0131. The van der Waals surface area contributed by atoms with Crippen LogP contribution in [-0.4, -0.2) is 30.0 Å². The molecule has 0 aliphatic heterocycles. The summed E-state index contributed by atoms with van der Waals surface area (Å²) in [6.07, 6.45) is -3.44. The van der Waals surface area contributed by atoms with Crippen LogP contribution in [0.25, 0.3) is 0 Å². The van der Waals surface area contributed by atoms with Gasteiger partial charge in [-0.05, 0) is 19.3 Å². The normalized spacial score (nSPS) is 42.5. The predicted octanol–water partition coefficient (Wildman–Crippen LogP) is 1.05. The topological polar surface area (TPSA) is 32.3 Å². The fraction of sp³-hybridized carbons (Fsp3) is 1.00. The Kier molecular flexibility index (Phi) is 1.70. The molecule has 0 unspecified atom stereocenters. The van der Waals surface area contributed by atoms with Gasteiger partial charge >= 0.3 is 6.18 Å². The molecule has 0 heterocycles. The lowest BCUT2D eigenvalue weighted by molar-refractivity contribution is -0.339. The smallest absolute Gasteiger partial charge is 0.394 e. The predicted molar refractivity (Wildman–Crippen MR) is 40.2 cm³/mol. The summed E-state index contributed by atoms with van der Waals surface area (Å²) in [6.45, 7) is 0.384. The van der Waals surface area contributed by atoms with E-state index in [1.807, 2.05) is 0 Å². The van der Waals surface area contributed by atoms with E-state index in [-0.39, 0.29) is 31.4 Å². The average molecular weight is 195 g/mol. The number of nitrogens with one attached hydrogen (secondary N) is 1. The first-order valence-corrected chi connectivity index (χ1v) is 4.36. The molecule has 0 amide bonds. The fourth-order valence-electron chi connectivity index (χ4n) is 2.60. The van der Waals surface area contributed by atoms with Crippen LogP contribution < -0.4 is 5.32 Å². The van der Waals surface area contributed by atoms with Crippen LogP contribution in [0.15, 0.2) is 0 Å². The van der Waals surface area contributed by atoms with Crippen LogP contribution in [0.2, 0.25) is 0 Å². The minimum atomic E-state index is -4.03. The summed E-state index contributed by atoms with van der Waals surface area (Å²) in [4.78, 5) is 0. The largest absolute Gasteiger partial charge is 0.395 e. The standard InChI is InChI=1S/C8H12F3NO/c9-8(10,11)6-3-7(4-6,5-6)12-1-2-13/h12-13H,1-5H2. The highest BCUT2D eigenvalue weighted by Gasteiger charge is 2.78. The molecule has 0 radical (unpaired) electrons. The third-order valence-corrected chi connectivity index (χ3v) is 3.24. The Hall–Kier alpha value is -0.290. The number of hydrogen-bond donors (Lipinski definition) is 2. The van der Waals surface area contributed by atoms with E-state index in [1.54, 1.807) is 0 Å². The SMILES string of the molecule is OCCNC12CC(C(F)(F)F)(C1)C2. The molecule has 3 saturated carbocycles. The van der Waals surface area contributed by atoms with E-state index >= 15 is 0 Å². The maximum atomic E-state index is 12.3. The first kappa shape index (κ1) is 9.27. The van der Waals surface area contributed by atoms with E-state index in [4.69, 9.17) is 5.11 Å². The zero-order valence-electron chi connectivity index (χ0n) is 7.12. The highest BCUT2D eigenvalue weighted by Crippen LogP contribution is 2.73. The summed E-state index contributed by atoms with van der Waals surface area (Å²) >= 11 is 0. The van der Waals surface area contributed by atoms with Crippen molar-refractivity contribution >= 4 is 0 Å². The van der Waals surface area contributed by atoms with Gasteiger partial charge in [0.1, 0.15) is 0 Å². The molecule has 3 fully saturated rings. The maximum Gasteiger partial charge on any atom is 0.394 e. The molecule has 3 rings (SSSR count). The number of rotatable bonds is 3. The summed E-state index contributed by atoms with van der Waals surface area (Å²) in [7, 11) is 0. The fourth-order valence-corrected chi connectivity index (χ4v) is 2.60. The molecule has 0 aromatic carbocycles. The number of aliphatic hydroxyl groups excluding tert-OH is 1. The van der Waals surface area contributed by atoms with Gasteiger partial charge in [-0.3, -0.25) is 0 Å². The molecule has 3 aliphatic rings. The molecule has 0 aromatic heterocycles. The summed E-state index contributed by atoms with van der Waals surface area (Å²) in [6, 6.07) is 0. The Balaban J connectivity index is 1.86. The third kappa shape index (κ3) is 1.10. The van der Waals surface area contributed by atoms with Crippen LogP contribution >= 0.6 is 0 Å². The monoisotopic (exact) mass is 195 g/mol. The molecule has 13 heavy (non-hydrogen) atoms. The number of β-amino-alcohol motifs (C(OH)–C–C–N with tert-alkyl or cyclic N) is 1. The van der Waals surface area contributed by atoms with E-state index in [1.165, 1.54) is 0 Å². The molecular weight excluding hydrogens is 183 g/mol. The second kappa shape index (κ2) is 2.39. The molecule has 0 aromatic rings. The van der Waals surface area contributed by atoms with Gasteiger partial charge in [0.2, 0.25) is 0 Å². The molecule has 0 spiro atoms. The molecule has 2 nitrogen and oxygen atoms in total. The zero-order valence-corrected chi connectivity index (χ0v) is 7.12. The van der Waals surface area contributed by atoms with Crippen LogP contribution in [0, 0.1) is 5.41 Å². The summed E-state index contributed by atoms with van der Waals surface area (Å²) in [5, 5.41) is 11.5. The lowest BCUT2D eigenvalue weighted by Gasteiger charge is -2.70. The summed E-state index contributed by atoms with van der Waals surface area (Å²) in [5.74, 6) is 0. The van der Waals surface area contributed by atoms with Crippen molar-refractivity contribution in [1.29, 1.82) is 0 Å². The molecule has 0 atom stereocenters. The van der Waals surface area contributed by atoms with Crippen molar-refractivity contribution in [3.8, 4) is 0 Å². The van der Waals surface area contributed by atoms with Crippen LogP contribution in [0.3, 0.4) is 0 Å². The Morgan fingerprint density at radius 2 is 1.77 bits per heavy atom. The number of hydrogen-bond acceptors (Lipinski definition) is 2. The third-order valence-electron chi connectivity index (χ3n) is 3.24. The second-order valence-corrected chi connectivity index (χ2v) is 4.24. The summed E-state index contributed by atoms with van der Waals surface area (Å²) < 4.78 is 37.0. The van der Waals surface area contributed by atoms with Crippen molar-refractivity contribution in [1.82, 2.24) is 5.32 Å². The zero-order chi connectivity index (χ0) is 9.74. The van der Waals surface area contributed by atoms with Crippen molar-refractivity contribution in [2.75, 3.05) is 13.2 Å². The van der Waals surface area contributed by atoms with Gasteiger partial charge in [-0.25, -0.2) is 0 Å². The molecule has 5 heteroatoms. The van der Waals surface area contributed by atoms with Gasteiger partial charge < -0.3 is 10.4 Å². The van der Waals surface area contributed by atoms with Crippen molar-refractivity contribution in [2.45, 2.75) is 31.0 Å². The van der Waals surface area contributed by atoms with E-state index in [0.717, 1.165) is 0 Å².